The van der Waals surface area contributed by atoms with E-state index >= 15 is 0 Å². The molecule has 3 rings (SSSR count). The third-order valence-corrected chi connectivity index (χ3v) is 5.62. The third-order valence-electron chi connectivity index (χ3n) is 4.48. The maximum Gasteiger partial charge on any atom is 0.245 e. The molecule has 156 valence electrons. The number of nitrogens with zero attached hydrogens (tertiary/aromatic N) is 1. The van der Waals surface area contributed by atoms with E-state index in [1.54, 1.807) is 30.3 Å². The van der Waals surface area contributed by atoms with Gasteiger partial charge in [0.15, 0.2) is 0 Å². The summed E-state index contributed by atoms with van der Waals surface area (Å²) in [6.07, 6.45) is 1.08. The second-order valence-electron chi connectivity index (χ2n) is 6.90. The fraction of sp³-hybridized carbons (Fsp3) is 0.174. The summed E-state index contributed by atoms with van der Waals surface area (Å²) >= 11 is 0. The maximum absolute atomic E-state index is 12.5. The molecule has 0 aliphatic carbocycles. The van der Waals surface area contributed by atoms with Crippen molar-refractivity contribution in [2.45, 2.75) is 13.5 Å². The van der Waals surface area contributed by atoms with E-state index in [-0.39, 0.29) is 6.54 Å². The van der Waals surface area contributed by atoms with Gasteiger partial charge in [0, 0.05) is 5.69 Å². The molecule has 0 bridgehead atoms. The highest BCUT2D eigenvalue weighted by Gasteiger charge is 2.21. The highest BCUT2D eigenvalue weighted by molar-refractivity contribution is 7.92. The average molecular weight is 425 g/mol. The zero-order valence-electron chi connectivity index (χ0n) is 16.9. The Labute approximate surface area is 177 Å². The number of carbonyl (C=O) groups excluding carboxylic acids is 1. The first kappa shape index (κ1) is 21.4. The Hall–Kier alpha value is -3.32. The lowest BCUT2D eigenvalue weighted by molar-refractivity contribution is -0.114. The van der Waals surface area contributed by atoms with Crippen molar-refractivity contribution in [3.8, 4) is 5.75 Å². The SMILES string of the molecule is Cc1ccccc1NC(=O)CN(c1ccc(OCc2ccccc2)cc1)S(C)(=O)=O. The van der Waals surface area contributed by atoms with Crippen molar-refractivity contribution in [1.82, 2.24) is 0 Å². The van der Waals surface area contributed by atoms with E-state index in [0.29, 0.717) is 23.7 Å². The highest BCUT2D eigenvalue weighted by Crippen LogP contribution is 2.23. The Morgan fingerprint density at radius 3 is 2.20 bits per heavy atom. The first-order chi connectivity index (χ1) is 14.3. The summed E-state index contributed by atoms with van der Waals surface area (Å²) in [5.74, 6) is 0.194. The molecule has 7 heteroatoms. The zero-order chi connectivity index (χ0) is 21.6. The van der Waals surface area contributed by atoms with Crippen LogP contribution in [0.15, 0.2) is 78.9 Å². The van der Waals surface area contributed by atoms with Gasteiger partial charge in [-0.3, -0.25) is 9.10 Å². The molecule has 0 saturated heterocycles. The molecular formula is C23H24N2O4S. The minimum Gasteiger partial charge on any atom is -0.489 e. The first-order valence-electron chi connectivity index (χ1n) is 9.43. The molecule has 3 aromatic rings. The summed E-state index contributed by atoms with van der Waals surface area (Å²) in [5, 5.41) is 2.76. The number of carbonyl (C=O) groups is 1. The van der Waals surface area contributed by atoms with Crippen molar-refractivity contribution in [2.75, 3.05) is 22.4 Å². The summed E-state index contributed by atoms with van der Waals surface area (Å²) < 4.78 is 31.4. The fourth-order valence-corrected chi connectivity index (χ4v) is 3.74. The molecule has 0 spiro atoms. The molecule has 0 heterocycles. The lowest BCUT2D eigenvalue weighted by Gasteiger charge is -2.22. The van der Waals surface area contributed by atoms with Crippen molar-refractivity contribution in [3.63, 3.8) is 0 Å². The van der Waals surface area contributed by atoms with Crippen LogP contribution in [0.3, 0.4) is 0 Å². The maximum atomic E-state index is 12.5. The van der Waals surface area contributed by atoms with Gasteiger partial charge in [0.2, 0.25) is 15.9 Å². The first-order valence-corrected chi connectivity index (χ1v) is 11.3. The van der Waals surface area contributed by atoms with Crippen molar-refractivity contribution in [1.29, 1.82) is 0 Å². The van der Waals surface area contributed by atoms with E-state index in [0.717, 1.165) is 21.7 Å². The number of nitrogens with one attached hydrogen (secondary N) is 1. The van der Waals surface area contributed by atoms with Gasteiger partial charge in [-0.1, -0.05) is 48.5 Å². The number of anilines is 2. The van der Waals surface area contributed by atoms with Crippen LogP contribution in [0.25, 0.3) is 0 Å². The van der Waals surface area contributed by atoms with Gasteiger partial charge in [0.25, 0.3) is 0 Å². The van der Waals surface area contributed by atoms with Gasteiger partial charge in [-0.05, 0) is 48.4 Å². The molecule has 0 atom stereocenters. The molecule has 0 saturated carbocycles. The minimum absolute atomic E-state index is 0.322. The second-order valence-corrected chi connectivity index (χ2v) is 8.81. The predicted octanol–water partition coefficient (Wildman–Crippen LogP) is 3.98. The van der Waals surface area contributed by atoms with E-state index in [2.05, 4.69) is 5.32 Å². The summed E-state index contributed by atoms with van der Waals surface area (Å²) in [6, 6.07) is 23.7. The van der Waals surface area contributed by atoms with Crippen LogP contribution in [0, 0.1) is 6.92 Å². The molecule has 0 aromatic heterocycles. The number of hydrogen-bond acceptors (Lipinski definition) is 4. The topological polar surface area (TPSA) is 75.7 Å². The molecule has 0 fully saturated rings. The van der Waals surface area contributed by atoms with Crippen molar-refractivity contribution >= 4 is 27.3 Å². The molecule has 6 nitrogen and oxygen atoms in total. The molecule has 0 aliphatic heterocycles. The van der Waals surface area contributed by atoms with Crippen LogP contribution in [0.2, 0.25) is 0 Å². The summed E-state index contributed by atoms with van der Waals surface area (Å²) in [6.45, 7) is 1.96. The van der Waals surface area contributed by atoms with Gasteiger partial charge in [0.1, 0.15) is 18.9 Å². The van der Waals surface area contributed by atoms with Crippen LogP contribution in [-0.4, -0.2) is 27.1 Å². The van der Waals surface area contributed by atoms with Crippen molar-refractivity contribution in [3.05, 3.63) is 90.0 Å². The Bertz CT molecular complexity index is 1100. The second kappa shape index (κ2) is 9.45. The van der Waals surface area contributed by atoms with Crippen molar-refractivity contribution in [2.24, 2.45) is 0 Å². The Morgan fingerprint density at radius 2 is 1.57 bits per heavy atom. The van der Waals surface area contributed by atoms with E-state index in [4.69, 9.17) is 4.74 Å². The zero-order valence-corrected chi connectivity index (χ0v) is 17.7. The Balaban J connectivity index is 1.69. The van der Waals surface area contributed by atoms with Gasteiger partial charge < -0.3 is 10.1 Å². The van der Waals surface area contributed by atoms with E-state index in [1.807, 2.05) is 55.5 Å². The molecule has 0 radical (unpaired) electrons. The lowest BCUT2D eigenvalue weighted by atomic mass is 10.2. The summed E-state index contributed by atoms with van der Waals surface area (Å²) in [4.78, 5) is 12.5. The van der Waals surface area contributed by atoms with Crippen LogP contribution in [0.1, 0.15) is 11.1 Å². The van der Waals surface area contributed by atoms with E-state index in [1.165, 1.54) is 0 Å². The van der Waals surface area contributed by atoms with Gasteiger partial charge in [-0.2, -0.15) is 0 Å². The number of rotatable bonds is 8. The normalized spacial score (nSPS) is 11.0. The third kappa shape index (κ3) is 5.84. The summed E-state index contributed by atoms with van der Waals surface area (Å²) in [7, 11) is -3.65. The molecule has 30 heavy (non-hydrogen) atoms. The van der Waals surface area contributed by atoms with Gasteiger partial charge in [-0.15, -0.1) is 0 Å². The number of aryl methyl sites for hydroxylation is 1. The molecular weight excluding hydrogens is 400 g/mol. The monoisotopic (exact) mass is 424 g/mol. The Kier molecular flexibility index (Phi) is 6.74. The molecule has 1 N–H and O–H groups in total. The standard InChI is InChI=1S/C23H24N2O4S/c1-18-8-6-7-11-22(18)24-23(26)16-25(30(2,27)28)20-12-14-21(15-13-20)29-17-19-9-4-3-5-10-19/h3-15H,16-17H2,1-2H3,(H,24,26). The van der Waals surface area contributed by atoms with Crippen molar-refractivity contribution < 1.29 is 17.9 Å². The number of hydrogen-bond donors (Lipinski definition) is 1. The predicted molar refractivity (Wildman–Crippen MR) is 119 cm³/mol. The Morgan fingerprint density at radius 1 is 0.933 bits per heavy atom. The smallest absolute Gasteiger partial charge is 0.245 e. The largest absolute Gasteiger partial charge is 0.489 e. The van der Waals surface area contributed by atoms with Crippen LogP contribution in [0.4, 0.5) is 11.4 Å². The van der Waals surface area contributed by atoms with Crippen LogP contribution < -0.4 is 14.4 Å². The number of benzene rings is 3. The fourth-order valence-electron chi connectivity index (χ4n) is 2.88. The molecule has 3 aromatic carbocycles. The number of sulfonamides is 1. The number of para-hydroxylation sites is 1. The number of amides is 1. The lowest BCUT2D eigenvalue weighted by Crippen LogP contribution is -2.37. The van der Waals surface area contributed by atoms with Crippen LogP contribution in [0.5, 0.6) is 5.75 Å². The van der Waals surface area contributed by atoms with Gasteiger partial charge >= 0.3 is 0 Å². The highest BCUT2D eigenvalue weighted by atomic mass is 32.2. The van der Waals surface area contributed by atoms with Crippen LogP contribution in [-0.2, 0) is 21.4 Å². The number of ether oxygens (including phenoxy) is 1. The quantitative estimate of drug-likeness (QED) is 0.594. The van der Waals surface area contributed by atoms with Gasteiger partial charge in [0.05, 0.1) is 11.9 Å². The molecule has 0 aliphatic rings. The molecule has 0 unspecified atom stereocenters. The summed E-state index contributed by atoms with van der Waals surface area (Å²) in [5.41, 5.74) is 2.98. The minimum atomic E-state index is -3.65. The van der Waals surface area contributed by atoms with E-state index in [9.17, 15) is 13.2 Å². The molecule has 1 amide bonds. The van der Waals surface area contributed by atoms with Gasteiger partial charge in [-0.25, -0.2) is 8.42 Å². The van der Waals surface area contributed by atoms with E-state index < -0.39 is 15.9 Å². The average Bonchev–Trinajstić information content (AvgIpc) is 2.73. The van der Waals surface area contributed by atoms with Crippen LogP contribution >= 0.6 is 0 Å².